The summed E-state index contributed by atoms with van der Waals surface area (Å²) < 4.78 is 4.61. The highest BCUT2D eigenvalue weighted by Gasteiger charge is 2.42. The SMILES string of the molecule is CC(C)N1c2ccccc2N(c2cccc(-c3cc4ccccc4n3C)[n+]2C)[C@@H]1C. The van der Waals surface area contributed by atoms with Crippen LogP contribution in [0.3, 0.4) is 0 Å². The van der Waals surface area contributed by atoms with Gasteiger partial charge < -0.3 is 9.47 Å². The lowest BCUT2D eigenvalue weighted by molar-refractivity contribution is -0.647. The number of para-hydroxylation sites is 3. The molecule has 0 saturated heterocycles. The van der Waals surface area contributed by atoms with E-state index in [1.165, 1.54) is 39.5 Å². The summed E-state index contributed by atoms with van der Waals surface area (Å²) in [6, 6.07) is 26.6. The molecule has 4 nitrogen and oxygen atoms in total. The molecule has 3 heterocycles. The van der Waals surface area contributed by atoms with Crippen LogP contribution in [0.5, 0.6) is 0 Å². The highest BCUT2D eigenvalue weighted by molar-refractivity contribution is 5.86. The Morgan fingerprint density at radius 1 is 0.867 bits per heavy atom. The zero-order valence-corrected chi connectivity index (χ0v) is 18.4. The van der Waals surface area contributed by atoms with Crippen molar-refractivity contribution in [3.63, 3.8) is 0 Å². The number of nitrogens with zero attached hydrogens (tertiary/aromatic N) is 4. The van der Waals surface area contributed by atoms with E-state index < -0.39 is 0 Å². The third kappa shape index (κ3) is 2.63. The number of pyridine rings is 1. The van der Waals surface area contributed by atoms with E-state index in [-0.39, 0.29) is 6.17 Å². The largest absolute Gasteiger partial charge is 0.341 e. The zero-order chi connectivity index (χ0) is 21.0. The first-order valence-corrected chi connectivity index (χ1v) is 10.7. The van der Waals surface area contributed by atoms with Gasteiger partial charge in [-0.25, -0.2) is 9.47 Å². The second-order valence-electron chi connectivity index (χ2n) is 8.47. The molecule has 2 aromatic carbocycles. The fraction of sp³-hybridized carbons (Fsp3) is 0.269. The molecule has 30 heavy (non-hydrogen) atoms. The Morgan fingerprint density at radius 3 is 2.30 bits per heavy atom. The maximum Gasteiger partial charge on any atom is 0.283 e. The standard InChI is InChI=1S/C26H29N4/c1-18(2)29-19(3)30(24-14-9-8-13-23(24)29)26-16-10-15-22(28(26)5)25-17-20-11-6-7-12-21(20)27(25)4/h6-19H,1-5H3/q+1/t19-/m1/s1. The molecule has 1 aliphatic rings. The van der Waals surface area contributed by atoms with E-state index in [2.05, 4.69) is 127 Å². The highest BCUT2D eigenvalue weighted by Crippen LogP contribution is 2.44. The Kier molecular flexibility index (Phi) is 4.31. The Morgan fingerprint density at radius 2 is 1.57 bits per heavy atom. The smallest absolute Gasteiger partial charge is 0.283 e. The average molecular weight is 398 g/mol. The summed E-state index contributed by atoms with van der Waals surface area (Å²) in [4.78, 5) is 4.96. The summed E-state index contributed by atoms with van der Waals surface area (Å²) in [6.07, 6.45) is 0.247. The van der Waals surface area contributed by atoms with E-state index in [1.54, 1.807) is 0 Å². The van der Waals surface area contributed by atoms with E-state index >= 15 is 0 Å². The van der Waals surface area contributed by atoms with Gasteiger partial charge in [-0.15, -0.1) is 0 Å². The van der Waals surface area contributed by atoms with Gasteiger partial charge in [0.2, 0.25) is 0 Å². The Labute approximate surface area is 178 Å². The molecule has 0 unspecified atom stereocenters. The summed E-state index contributed by atoms with van der Waals surface area (Å²) in [5.74, 6) is 1.20. The minimum Gasteiger partial charge on any atom is -0.341 e. The van der Waals surface area contributed by atoms with Gasteiger partial charge >= 0.3 is 0 Å². The predicted octanol–water partition coefficient (Wildman–Crippen LogP) is 5.38. The van der Waals surface area contributed by atoms with Gasteiger partial charge in [-0.3, -0.25) is 0 Å². The van der Waals surface area contributed by atoms with Crippen molar-refractivity contribution in [1.82, 2.24) is 4.57 Å². The average Bonchev–Trinajstić information content (AvgIpc) is 3.22. The quantitative estimate of drug-likeness (QED) is 0.431. The third-order valence-corrected chi connectivity index (χ3v) is 6.42. The van der Waals surface area contributed by atoms with Crippen LogP contribution in [0.15, 0.2) is 72.8 Å². The van der Waals surface area contributed by atoms with Crippen molar-refractivity contribution in [3.05, 3.63) is 72.8 Å². The van der Waals surface area contributed by atoms with E-state index in [9.17, 15) is 0 Å². The molecule has 0 bridgehead atoms. The van der Waals surface area contributed by atoms with Gasteiger partial charge in [0.1, 0.15) is 0 Å². The van der Waals surface area contributed by atoms with Gasteiger partial charge in [0.25, 0.3) is 5.82 Å². The number of anilines is 3. The van der Waals surface area contributed by atoms with E-state index in [4.69, 9.17) is 0 Å². The van der Waals surface area contributed by atoms with Crippen molar-refractivity contribution >= 4 is 28.1 Å². The number of aromatic nitrogens is 2. The van der Waals surface area contributed by atoms with Crippen molar-refractivity contribution in [2.24, 2.45) is 14.1 Å². The Hall–Kier alpha value is -3.27. The molecule has 152 valence electrons. The van der Waals surface area contributed by atoms with E-state index in [1.807, 2.05) is 0 Å². The minimum absolute atomic E-state index is 0.247. The van der Waals surface area contributed by atoms with Crippen LogP contribution in [0.1, 0.15) is 20.8 Å². The van der Waals surface area contributed by atoms with Crippen molar-refractivity contribution in [2.75, 3.05) is 9.80 Å². The second kappa shape index (κ2) is 6.91. The molecule has 4 aromatic rings. The molecule has 0 fully saturated rings. The lowest BCUT2D eigenvalue weighted by Gasteiger charge is -2.28. The highest BCUT2D eigenvalue weighted by atomic mass is 15.4. The first-order chi connectivity index (χ1) is 14.5. The Bertz CT molecular complexity index is 1240. The molecule has 0 saturated carbocycles. The maximum absolute atomic E-state index is 2.50. The number of rotatable bonds is 3. The van der Waals surface area contributed by atoms with Crippen LogP contribution in [0.25, 0.3) is 22.3 Å². The Balaban J connectivity index is 1.68. The van der Waals surface area contributed by atoms with Crippen molar-refractivity contribution in [1.29, 1.82) is 0 Å². The maximum atomic E-state index is 2.50. The fourth-order valence-electron chi connectivity index (χ4n) is 5.04. The van der Waals surface area contributed by atoms with Crippen LogP contribution >= 0.6 is 0 Å². The van der Waals surface area contributed by atoms with Gasteiger partial charge in [-0.05, 0) is 57.2 Å². The number of fused-ring (bicyclic) bond motifs is 2. The number of benzene rings is 2. The summed E-state index contributed by atoms with van der Waals surface area (Å²) in [7, 11) is 4.33. The molecule has 0 radical (unpaired) electrons. The van der Waals surface area contributed by atoms with Crippen LogP contribution in [0.2, 0.25) is 0 Å². The molecular formula is C26H29N4+. The van der Waals surface area contributed by atoms with E-state index in [0.717, 1.165) is 0 Å². The summed E-state index contributed by atoms with van der Waals surface area (Å²) in [5.41, 5.74) is 6.25. The van der Waals surface area contributed by atoms with Gasteiger partial charge in [0.15, 0.2) is 17.5 Å². The molecule has 4 heteroatoms. The van der Waals surface area contributed by atoms with Crippen LogP contribution in [0, 0.1) is 0 Å². The molecule has 1 atom stereocenters. The molecule has 0 N–H and O–H groups in total. The molecule has 0 aliphatic carbocycles. The van der Waals surface area contributed by atoms with Gasteiger partial charge in [-0.2, -0.15) is 0 Å². The first-order valence-electron chi connectivity index (χ1n) is 10.7. The lowest BCUT2D eigenvalue weighted by Crippen LogP contribution is -2.47. The predicted molar refractivity (Wildman–Crippen MR) is 125 cm³/mol. The van der Waals surface area contributed by atoms with E-state index in [0.29, 0.717) is 6.04 Å². The molecule has 5 rings (SSSR count). The topological polar surface area (TPSA) is 15.3 Å². The summed E-state index contributed by atoms with van der Waals surface area (Å²) in [6.45, 7) is 6.83. The van der Waals surface area contributed by atoms with Crippen LogP contribution in [0.4, 0.5) is 17.2 Å². The molecule has 0 amide bonds. The van der Waals surface area contributed by atoms with Crippen molar-refractivity contribution < 1.29 is 4.57 Å². The van der Waals surface area contributed by atoms with Crippen LogP contribution in [-0.2, 0) is 14.1 Å². The minimum atomic E-state index is 0.247. The summed E-state index contributed by atoms with van der Waals surface area (Å²) in [5, 5.41) is 1.27. The van der Waals surface area contributed by atoms with Gasteiger partial charge in [0, 0.05) is 30.1 Å². The normalized spacial score (nSPS) is 16.0. The molecular weight excluding hydrogens is 368 g/mol. The fourth-order valence-corrected chi connectivity index (χ4v) is 5.04. The lowest BCUT2D eigenvalue weighted by atomic mass is 10.2. The van der Waals surface area contributed by atoms with Crippen molar-refractivity contribution in [3.8, 4) is 11.4 Å². The van der Waals surface area contributed by atoms with Gasteiger partial charge in [-0.1, -0.05) is 30.3 Å². The third-order valence-electron chi connectivity index (χ3n) is 6.42. The van der Waals surface area contributed by atoms with Crippen LogP contribution in [-0.4, -0.2) is 16.8 Å². The first kappa shape index (κ1) is 18.7. The van der Waals surface area contributed by atoms with Crippen LogP contribution < -0.4 is 14.4 Å². The zero-order valence-electron chi connectivity index (χ0n) is 18.4. The monoisotopic (exact) mass is 397 g/mol. The molecule has 0 spiro atoms. The van der Waals surface area contributed by atoms with Crippen molar-refractivity contribution in [2.45, 2.75) is 33.0 Å². The number of aryl methyl sites for hydroxylation is 1. The number of hydrogen-bond donors (Lipinski definition) is 0. The molecule has 1 aliphatic heterocycles. The van der Waals surface area contributed by atoms with Gasteiger partial charge in [0.05, 0.1) is 18.4 Å². The second-order valence-corrected chi connectivity index (χ2v) is 8.47. The molecule has 2 aromatic heterocycles. The summed E-state index contributed by atoms with van der Waals surface area (Å²) >= 11 is 0. The number of hydrogen-bond acceptors (Lipinski definition) is 2.